The van der Waals surface area contributed by atoms with Gasteiger partial charge in [-0.05, 0) is 37.1 Å². The van der Waals surface area contributed by atoms with Gasteiger partial charge in [-0.3, -0.25) is 4.79 Å². The third-order valence-electron chi connectivity index (χ3n) is 5.20. The molecule has 0 bridgehead atoms. The molecule has 7 heteroatoms. The number of hydrogen-bond donors (Lipinski definition) is 2. The zero-order valence-corrected chi connectivity index (χ0v) is 16.2. The van der Waals surface area contributed by atoms with E-state index in [0.29, 0.717) is 37.6 Å². The van der Waals surface area contributed by atoms with Gasteiger partial charge in [0, 0.05) is 24.7 Å². The summed E-state index contributed by atoms with van der Waals surface area (Å²) in [6, 6.07) is 16.7. The highest BCUT2D eigenvalue weighted by Crippen LogP contribution is 2.30. The number of amides is 3. The zero-order valence-electron chi connectivity index (χ0n) is 16.2. The number of piperidine rings is 1. The summed E-state index contributed by atoms with van der Waals surface area (Å²) >= 11 is 0. The molecule has 0 saturated carbocycles. The summed E-state index contributed by atoms with van der Waals surface area (Å²) in [6.07, 6.45) is 1.27. The van der Waals surface area contributed by atoms with Gasteiger partial charge in [-0.15, -0.1) is 0 Å². The van der Waals surface area contributed by atoms with Crippen LogP contribution >= 0.6 is 0 Å². The van der Waals surface area contributed by atoms with Gasteiger partial charge in [0.2, 0.25) is 0 Å². The Hall–Kier alpha value is -3.22. The molecule has 152 valence electrons. The summed E-state index contributed by atoms with van der Waals surface area (Å²) in [7, 11) is 0. The molecule has 7 nitrogen and oxygen atoms in total. The second-order valence-electron chi connectivity index (χ2n) is 7.28. The lowest BCUT2D eigenvalue weighted by Crippen LogP contribution is -2.51. The molecule has 2 aliphatic rings. The number of ether oxygens (including phenoxy) is 2. The Bertz CT molecular complexity index is 850. The van der Waals surface area contributed by atoms with Gasteiger partial charge in [-0.25, -0.2) is 4.79 Å². The average Bonchev–Trinajstić information content (AvgIpc) is 2.78. The van der Waals surface area contributed by atoms with Crippen molar-refractivity contribution >= 4 is 11.9 Å². The molecule has 2 heterocycles. The van der Waals surface area contributed by atoms with Crippen LogP contribution < -0.4 is 20.1 Å². The molecule has 29 heavy (non-hydrogen) atoms. The number of fused-ring (bicyclic) bond motifs is 1. The molecule has 3 amide bonds. The van der Waals surface area contributed by atoms with Crippen molar-refractivity contribution in [3.63, 3.8) is 0 Å². The van der Waals surface area contributed by atoms with Crippen LogP contribution in [0.4, 0.5) is 4.79 Å². The smallest absolute Gasteiger partial charge is 0.317 e. The molecule has 0 radical (unpaired) electrons. The quantitative estimate of drug-likeness (QED) is 0.833. The highest BCUT2D eigenvalue weighted by Gasteiger charge is 2.26. The van der Waals surface area contributed by atoms with Crippen LogP contribution in [0.25, 0.3) is 0 Å². The number of hydrogen-bond acceptors (Lipinski definition) is 4. The maximum atomic E-state index is 12.5. The second kappa shape index (κ2) is 8.86. The van der Waals surface area contributed by atoms with Crippen LogP contribution in [0.3, 0.4) is 0 Å². The molecule has 1 fully saturated rings. The molecule has 0 aliphatic carbocycles. The maximum absolute atomic E-state index is 12.5. The van der Waals surface area contributed by atoms with Crippen molar-refractivity contribution in [3.05, 3.63) is 60.2 Å². The minimum Gasteiger partial charge on any atom is -0.486 e. The Labute approximate surface area is 170 Å². The topological polar surface area (TPSA) is 79.9 Å². The first kappa shape index (κ1) is 19.1. The largest absolute Gasteiger partial charge is 0.486 e. The van der Waals surface area contributed by atoms with E-state index in [9.17, 15) is 9.59 Å². The molecular weight excluding hydrogens is 370 g/mol. The monoisotopic (exact) mass is 395 g/mol. The molecule has 2 N–H and O–H groups in total. The molecule has 4 rings (SSSR count). The first-order valence-electron chi connectivity index (χ1n) is 9.96. The van der Waals surface area contributed by atoms with E-state index in [1.165, 1.54) is 0 Å². The third kappa shape index (κ3) is 4.80. The number of rotatable bonds is 4. The van der Waals surface area contributed by atoms with E-state index in [2.05, 4.69) is 10.6 Å². The van der Waals surface area contributed by atoms with Crippen molar-refractivity contribution in [1.82, 2.24) is 15.5 Å². The molecule has 0 spiro atoms. The normalized spacial score (nSPS) is 18.8. The predicted octanol–water partition coefficient (Wildman–Crippen LogP) is 2.43. The lowest BCUT2D eigenvalue weighted by Gasteiger charge is -2.33. The highest BCUT2D eigenvalue weighted by molar-refractivity contribution is 5.94. The van der Waals surface area contributed by atoms with Crippen LogP contribution in [0.2, 0.25) is 0 Å². The van der Waals surface area contributed by atoms with E-state index in [-0.39, 0.29) is 24.1 Å². The summed E-state index contributed by atoms with van der Waals surface area (Å²) in [5.74, 6) is 1.37. The minimum absolute atomic E-state index is 0.0665. The van der Waals surface area contributed by atoms with E-state index in [1.54, 1.807) is 17.0 Å². The molecule has 0 unspecified atom stereocenters. The van der Waals surface area contributed by atoms with E-state index >= 15 is 0 Å². The highest BCUT2D eigenvalue weighted by atomic mass is 16.6. The van der Waals surface area contributed by atoms with Gasteiger partial charge in [-0.1, -0.05) is 30.3 Å². The maximum Gasteiger partial charge on any atom is 0.317 e. The van der Waals surface area contributed by atoms with Crippen molar-refractivity contribution in [2.75, 3.05) is 26.2 Å². The number of likely N-dealkylation sites (tertiary alicyclic amines) is 1. The summed E-state index contributed by atoms with van der Waals surface area (Å²) in [5.41, 5.74) is 0.656. The van der Waals surface area contributed by atoms with Gasteiger partial charge in [0.1, 0.15) is 6.61 Å². The van der Waals surface area contributed by atoms with Gasteiger partial charge in [0.15, 0.2) is 17.6 Å². The van der Waals surface area contributed by atoms with Crippen molar-refractivity contribution < 1.29 is 19.1 Å². The van der Waals surface area contributed by atoms with Crippen LogP contribution in [-0.2, 0) is 0 Å². The Balaban J connectivity index is 1.19. The van der Waals surface area contributed by atoms with Gasteiger partial charge < -0.3 is 25.0 Å². The number of carbonyl (C=O) groups is 2. The SMILES string of the molecule is O=C(NC1CCN(C(=O)NC[C@H]2COc3ccccc3O2)CC1)c1ccccc1. The Morgan fingerprint density at radius 3 is 2.41 bits per heavy atom. The number of nitrogens with one attached hydrogen (secondary N) is 2. The molecule has 1 atom stereocenters. The first-order valence-corrected chi connectivity index (χ1v) is 9.96. The van der Waals surface area contributed by atoms with Crippen LogP contribution in [0.1, 0.15) is 23.2 Å². The molecule has 2 aliphatic heterocycles. The van der Waals surface area contributed by atoms with Gasteiger partial charge >= 0.3 is 6.03 Å². The molecular formula is C22H25N3O4. The van der Waals surface area contributed by atoms with Crippen LogP contribution in [0.5, 0.6) is 11.5 Å². The lowest BCUT2D eigenvalue weighted by atomic mass is 10.0. The van der Waals surface area contributed by atoms with Crippen LogP contribution in [-0.4, -0.2) is 55.2 Å². The van der Waals surface area contributed by atoms with Crippen molar-refractivity contribution in [2.24, 2.45) is 0 Å². The van der Waals surface area contributed by atoms with Crippen molar-refractivity contribution in [1.29, 1.82) is 0 Å². The fourth-order valence-electron chi connectivity index (χ4n) is 3.56. The predicted molar refractivity (Wildman–Crippen MR) is 108 cm³/mol. The number of urea groups is 1. The Kier molecular flexibility index (Phi) is 5.84. The summed E-state index contributed by atoms with van der Waals surface area (Å²) < 4.78 is 11.5. The summed E-state index contributed by atoms with van der Waals surface area (Å²) in [5, 5.41) is 5.98. The fourth-order valence-corrected chi connectivity index (χ4v) is 3.56. The van der Waals surface area contributed by atoms with Gasteiger partial charge in [0.25, 0.3) is 5.91 Å². The van der Waals surface area contributed by atoms with Crippen LogP contribution in [0.15, 0.2) is 54.6 Å². The summed E-state index contributed by atoms with van der Waals surface area (Å²) in [4.78, 5) is 26.5. The van der Waals surface area contributed by atoms with Crippen molar-refractivity contribution in [3.8, 4) is 11.5 Å². The number of para-hydroxylation sites is 2. The van der Waals surface area contributed by atoms with E-state index in [4.69, 9.17) is 9.47 Å². The molecule has 1 saturated heterocycles. The van der Waals surface area contributed by atoms with E-state index < -0.39 is 0 Å². The molecule has 0 aromatic heterocycles. The molecule has 2 aromatic rings. The van der Waals surface area contributed by atoms with Gasteiger partial charge in [-0.2, -0.15) is 0 Å². The Morgan fingerprint density at radius 1 is 0.966 bits per heavy atom. The van der Waals surface area contributed by atoms with Crippen molar-refractivity contribution in [2.45, 2.75) is 25.0 Å². The number of benzene rings is 2. The number of nitrogens with zero attached hydrogens (tertiary/aromatic N) is 1. The van der Waals surface area contributed by atoms with E-state index in [1.807, 2.05) is 42.5 Å². The lowest BCUT2D eigenvalue weighted by molar-refractivity contribution is 0.0880. The van der Waals surface area contributed by atoms with Crippen LogP contribution in [0, 0.1) is 0 Å². The zero-order chi connectivity index (χ0) is 20.1. The van der Waals surface area contributed by atoms with Gasteiger partial charge in [0.05, 0.1) is 6.54 Å². The average molecular weight is 395 g/mol. The third-order valence-corrected chi connectivity index (χ3v) is 5.20. The summed E-state index contributed by atoms with van der Waals surface area (Å²) in [6.45, 7) is 2.01. The molecule has 2 aromatic carbocycles. The Morgan fingerprint density at radius 2 is 1.66 bits per heavy atom. The second-order valence-corrected chi connectivity index (χ2v) is 7.28. The fraction of sp³-hybridized carbons (Fsp3) is 0.364. The number of carbonyl (C=O) groups excluding carboxylic acids is 2. The standard InChI is InChI=1S/C22H25N3O4/c26-21(16-6-2-1-3-7-16)24-17-10-12-25(13-11-17)22(27)23-14-18-15-28-19-8-4-5-9-20(19)29-18/h1-9,17-18H,10-15H2,(H,23,27)(H,24,26)/t18-/m0/s1. The first-order chi connectivity index (χ1) is 14.2. The minimum atomic E-state index is -0.212. The van der Waals surface area contributed by atoms with E-state index in [0.717, 1.165) is 18.6 Å².